The summed E-state index contributed by atoms with van der Waals surface area (Å²) in [6, 6.07) is 14.9. The zero-order valence-corrected chi connectivity index (χ0v) is 15.0. The number of nitrogens with one attached hydrogen (secondary N) is 2. The molecule has 0 spiro atoms. The molecule has 1 aromatic carbocycles. The summed E-state index contributed by atoms with van der Waals surface area (Å²) in [5.74, 6) is 0.907. The van der Waals surface area contributed by atoms with Crippen molar-refractivity contribution in [2.45, 2.75) is 44.7 Å². The summed E-state index contributed by atoms with van der Waals surface area (Å²) in [5, 5.41) is 8.71. The molecule has 2 N–H and O–H groups in total. The van der Waals surface area contributed by atoms with Crippen molar-refractivity contribution in [2.75, 3.05) is 6.54 Å². The molecule has 4 heteroatoms. The molecule has 0 unspecified atom stereocenters. The van der Waals surface area contributed by atoms with Crippen molar-refractivity contribution in [3.8, 4) is 0 Å². The van der Waals surface area contributed by atoms with Gasteiger partial charge in [0.1, 0.15) is 0 Å². The smallest absolute Gasteiger partial charge is 0.234 e. The highest BCUT2D eigenvalue weighted by atomic mass is 32.1. The lowest BCUT2D eigenvalue weighted by atomic mass is 9.87. The summed E-state index contributed by atoms with van der Waals surface area (Å²) < 4.78 is 0. The van der Waals surface area contributed by atoms with Gasteiger partial charge in [-0.25, -0.2) is 0 Å². The van der Waals surface area contributed by atoms with Gasteiger partial charge >= 0.3 is 0 Å². The molecule has 1 atom stereocenters. The molecule has 0 saturated heterocycles. The first-order chi connectivity index (χ1) is 11.7. The third-order valence-electron chi connectivity index (χ3n) is 4.81. The monoisotopic (exact) mass is 342 g/mol. The molecule has 128 valence electrons. The van der Waals surface area contributed by atoms with Gasteiger partial charge in [0.2, 0.25) is 5.91 Å². The lowest BCUT2D eigenvalue weighted by Crippen LogP contribution is -2.42. The van der Waals surface area contributed by atoms with Crippen LogP contribution in [-0.4, -0.2) is 18.5 Å². The molecular formula is C20H26N2OS. The second kappa shape index (κ2) is 8.45. The molecule has 1 aromatic heterocycles. The molecule has 1 heterocycles. The van der Waals surface area contributed by atoms with Crippen LogP contribution in [-0.2, 0) is 4.79 Å². The zero-order chi connectivity index (χ0) is 16.8. The van der Waals surface area contributed by atoms with Crippen molar-refractivity contribution in [3.05, 3.63) is 58.3 Å². The van der Waals surface area contributed by atoms with Crippen LogP contribution in [0.2, 0.25) is 0 Å². The van der Waals surface area contributed by atoms with Gasteiger partial charge in [-0.05, 0) is 48.6 Å². The van der Waals surface area contributed by atoms with Gasteiger partial charge < -0.3 is 5.32 Å². The minimum Gasteiger partial charge on any atom is -0.352 e. The van der Waals surface area contributed by atoms with Crippen LogP contribution in [0.1, 0.15) is 49.1 Å². The van der Waals surface area contributed by atoms with Crippen molar-refractivity contribution < 1.29 is 4.79 Å². The van der Waals surface area contributed by atoms with Crippen LogP contribution in [0.25, 0.3) is 0 Å². The zero-order valence-electron chi connectivity index (χ0n) is 14.2. The fraction of sp³-hybridized carbons (Fsp3) is 0.450. The summed E-state index contributed by atoms with van der Waals surface area (Å²) in [7, 11) is 0. The topological polar surface area (TPSA) is 41.1 Å². The van der Waals surface area contributed by atoms with Crippen molar-refractivity contribution in [1.29, 1.82) is 0 Å². The minimum atomic E-state index is 0.0725. The van der Waals surface area contributed by atoms with Crippen LogP contribution < -0.4 is 10.6 Å². The van der Waals surface area contributed by atoms with E-state index in [4.69, 9.17) is 0 Å². The van der Waals surface area contributed by atoms with E-state index in [1.165, 1.54) is 23.3 Å². The summed E-state index contributed by atoms with van der Waals surface area (Å²) >= 11 is 1.72. The number of benzene rings is 1. The minimum absolute atomic E-state index is 0.0725. The van der Waals surface area contributed by atoms with E-state index in [1.807, 2.05) is 18.2 Å². The Morgan fingerprint density at radius 3 is 2.54 bits per heavy atom. The predicted molar refractivity (Wildman–Crippen MR) is 100 cm³/mol. The highest BCUT2D eigenvalue weighted by Gasteiger charge is 2.21. The van der Waals surface area contributed by atoms with E-state index in [0.29, 0.717) is 12.6 Å². The summed E-state index contributed by atoms with van der Waals surface area (Å²) in [5.41, 5.74) is 1.19. The molecular weight excluding hydrogens is 316 g/mol. The van der Waals surface area contributed by atoms with Crippen LogP contribution in [0, 0.1) is 5.92 Å². The molecule has 24 heavy (non-hydrogen) atoms. The van der Waals surface area contributed by atoms with E-state index in [0.717, 1.165) is 18.8 Å². The summed E-state index contributed by atoms with van der Waals surface area (Å²) in [4.78, 5) is 13.6. The van der Waals surface area contributed by atoms with Gasteiger partial charge in [0.05, 0.1) is 12.6 Å². The van der Waals surface area contributed by atoms with Crippen LogP contribution in [0.15, 0.2) is 47.8 Å². The SMILES string of the molecule is CC1CCC(NC(=O)CN[C@H](c2ccccc2)c2cccs2)CC1. The van der Waals surface area contributed by atoms with Crippen molar-refractivity contribution >= 4 is 17.2 Å². The highest BCUT2D eigenvalue weighted by molar-refractivity contribution is 7.10. The Morgan fingerprint density at radius 1 is 1.12 bits per heavy atom. The number of carbonyl (C=O) groups is 1. The quantitative estimate of drug-likeness (QED) is 0.829. The molecule has 1 amide bonds. The Hall–Kier alpha value is -1.65. The van der Waals surface area contributed by atoms with E-state index in [1.54, 1.807) is 11.3 Å². The molecule has 1 fully saturated rings. The van der Waals surface area contributed by atoms with E-state index in [2.05, 4.69) is 47.2 Å². The first kappa shape index (κ1) is 17.2. The van der Waals surface area contributed by atoms with Gasteiger partial charge in [0, 0.05) is 10.9 Å². The second-order valence-corrected chi connectivity index (χ2v) is 7.74. The normalized spacial score (nSPS) is 22.0. The Morgan fingerprint density at radius 2 is 1.88 bits per heavy atom. The third-order valence-corrected chi connectivity index (χ3v) is 5.75. The average molecular weight is 343 g/mol. The lowest BCUT2D eigenvalue weighted by molar-refractivity contribution is -0.121. The van der Waals surface area contributed by atoms with Crippen LogP contribution in [0.5, 0.6) is 0 Å². The molecule has 1 saturated carbocycles. The molecule has 0 bridgehead atoms. The number of rotatable bonds is 6. The van der Waals surface area contributed by atoms with E-state index < -0.39 is 0 Å². The number of carbonyl (C=O) groups excluding carboxylic acids is 1. The van der Waals surface area contributed by atoms with E-state index in [-0.39, 0.29) is 11.9 Å². The van der Waals surface area contributed by atoms with E-state index >= 15 is 0 Å². The first-order valence-corrected chi connectivity index (χ1v) is 9.71. The van der Waals surface area contributed by atoms with Gasteiger partial charge in [-0.3, -0.25) is 10.1 Å². The molecule has 2 aromatic rings. The number of thiophene rings is 1. The summed E-state index contributed by atoms with van der Waals surface area (Å²) in [6.07, 6.45) is 4.67. The molecule has 1 aliphatic carbocycles. The fourth-order valence-electron chi connectivity index (χ4n) is 3.36. The van der Waals surface area contributed by atoms with Gasteiger partial charge in [-0.15, -0.1) is 11.3 Å². The average Bonchev–Trinajstić information content (AvgIpc) is 3.12. The van der Waals surface area contributed by atoms with Gasteiger partial charge in [0.25, 0.3) is 0 Å². The standard InChI is InChI=1S/C20H26N2OS/c1-15-9-11-17(12-10-15)22-19(23)14-21-20(18-8-5-13-24-18)16-6-3-2-4-7-16/h2-8,13,15,17,20-21H,9-12,14H2,1H3,(H,22,23)/t15?,17?,20-/m1/s1. The summed E-state index contributed by atoms with van der Waals surface area (Å²) in [6.45, 7) is 2.65. The maximum absolute atomic E-state index is 12.3. The van der Waals surface area contributed by atoms with Crippen LogP contribution >= 0.6 is 11.3 Å². The van der Waals surface area contributed by atoms with Crippen molar-refractivity contribution in [1.82, 2.24) is 10.6 Å². The number of amides is 1. The molecule has 3 nitrogen and oxygen atoms in total. The lowest BCUT2D eigenvalue weighted by Gasteiger charge is -2.27. The first-order valence-electron chi connectivity index (χ1n) is 8.83. The van der Waals surface area contributed by atoms with Crippen LogP contribution in [0.4, 0.5) is 0 Å². The second-order valence-electron chi connectivity index (χ2n) is 6.76. The van der Waals surface area contributed by atoms with Gasteiger partial charge in [-0.2, -0.15) is 0 Å². The Kier molecular flexibility index (Phi) is 6.05. The predicted octanol–water partition coefficient (Wildman–Crippen LogP) is 4.12. The fourth-order valence-corrected chi connectivity index (χ4v) is 4.19. The van der Waals surface area contributed by atoms with Gasteiger partial charge in [-0.1, -0.05) is 43.3 Å². The molecule has 1 aliphatic rings. The maximum Gasteiger partial charge on any atom is 0.234 e. The highest BCUT2D eigenvalue weighted by Crippen LogP contribution is 2.26. The van der Waals surface area contributed by atoms with Gasteiger partial charge in [0.15, 0.2) is 0 Å². The van der Waals surface area contributed by atoms with Crippen LogP contribution in [0.3, 0.4) is 0 Å². The number of hydrogen-bond donors (Lipinski definition) is 2. The third kappa shape index (κ3) is 4.68. The van der Waals surface area contributed by atoms with E-state index in [9.17, 15) is 4.79 Å². The Labute approximate surface area is 148 Å². The van der Waals surface area contributed by atoms with Crippen molar-refractivity contribution in [3.63, 3.8) is 0 Å². The Balaban J connectivity index is 1.57. The Bertz CT molecular complexity index is 618. The molecule has 0 aliphatic heterocycles. The maximum atomic E-state index is 12.3. The molecule has 0 radical (unpaired) electrons. The number of hydrogen-bond acceptors (Lipinski definition) is 3. The van der Waals surface area contributed by atoms with Crippen molar-refractivity contribution in [2.24, 2.45) is 5.92 Å². The molecule has 3 rings (SSSR count). The largest absolute Gasteiger partial charge is 0.352 e.